The number of carbonyl (C=O) groups is 2. The van der Waals surface area contributed by atoms with E-state index in [4.69, 9.17) is 0 Å². The van der Waals surface area contributed by atoms with E-state index in [0.29, 0.717) is 24.3 Å². The average Bonchev–Trinajstić information content (AvgIpc) is 3.36. The number of hydrogen-bond donors (Lipinski definition) is 2. The number of allylic oxidation sites excluding steroid dienone is 1. The van der Waals surface area contributed by atoms with Crippen LogP contribution in [0.2, 0.25) is 0 Å². The Balaban J connectivity index is 1.87. The summed E-state index contributed by atoms with van der Waals surface area (Å²) in [7, 11) is 0. The van der Waals surface area contributed by atoms with Crippen LogP contribution in [0.5, 0.6) is 0 Å². The molecular formula is C19H21N3O3. The summed E-state index contributed by atoms with van der Waals surface area (Å²) in [5.74, 6) is -1.14. The molecule has 25 heavy (non-hydrogen) atoms. The van der Waals surface area contributed by atoms with Crippen molar-refractivity contribution in [2.75, 3.05) is 0 Å². The highest BCUT2D eigenvalue weighted by atomic mass is 16.4. The van der Waals surface area contributed by atoms with Crippen molar-refractivity contribution in [3.8, 4) is 5.69 Å². The molecule has 1 aliphatic carbocycles. The van der Waals surface area contributed by atoms with Gasteiger partial charge in [0, 0.05) is 5.92 Å². The normalized spacial score (nSPS) is 14.7. The van der Waals surface area contributed by atoms with Gasteiger partial charge in [-0.25, -0.2) is 9.48 Å². The number of amides is 1. The summed E-state index contributed by atoms with van der Waals surface area (Å²) in [6.07, 6.45) is 6.04. The van der Waals surface area contributed by atoms with Crippen molar-refractivity contribution < 1.29 is 14.7 Å². The molecule has 2 N–H and O–H groups in total. The number of aliphatic carboxylic acids is 1. The van der Waals surface area contributed by atoms with E-state index in [2.05, 4.69) is 17.0 Å². The van der Waals surface area contributed by atoms with Crippen molar-refractivity contribution >= 4 is 11.9 Å². The van der Waals surface area contributed by atoms with Gasteiger partial charge in [0.1, 0.15) is 6.04 Å². The highest BCUT2D eigenvalue weighted by Gasteiger charge is 2.33. The maximum absolute atomic E-state index is 12.7. The molecule has 6 heteroatoms. The first-order valence-corrected chi connectivity index (χ1v) is 8.39. The van der Waals surface area contributed by atoms with Crippen LogP contribution in [-0.2, 0) is 4.79 Å². The van der Waals surface area contributed by atoms with Crippen LogP contribution < -0.4 is 5.32 Å². The fourth-order valence-corrected chi connectivity index (χ4v) is 2.84. The van der Waals surface area contributed by atoms with Crippen molar-refractivity contribution in [2.24, 2.45) is 0 Å². The number of hydrogen-bond acceptors (Lipinski definition) is 3. The van der Waals surface area contributed by atoms with Gasteiger partial charge in [0.05, 0.1) is 23.1 Å². The van der Waals surface area contributed by atoms with Gasteiger partial charge >= 0.3 is 5.97 Å². The summed E-state index contributed by atoms with van der Waals surface area (Å²) < 4.78 is 1.78. The highest BCUT2D eigenvalue weighted by molar-refractivity contribution is 5.97. The second-order valence-corrected chi connectivity index (χ2v) is 6.20. The maximum Gasteiger partial charge on any atom is 0.326 e. The lowest BCUT2D eigenvalue weighted by Gasteiger charge is -2.14. The van der Waals surface area contributed by atoms with Gasteiger partial charge in [-0.1, -0.05) is 24.3 Å². The van der Waals surface area contributed by atoms with Crippen molar-refractivity contribution in [3.63, 3.8) is 0 Å². The minimum atomic E-state index is -1.04. The maximum atomic E-state index is 12.7. The molecule has 2 aromatic rings. The van der Waals surface area contributed by atoms with Gasteiger partial charge in [-0.3, -0.25) is 4.79 Å². The summed E-state index contributed by atoms with van der Waals surface area (Å²) in [4.78, 5) is 24.0. The second kappa shape index (κ2) is 7.34. The summed E-state index contributed by atoms with van der Waals surface area (Å²) in [6.45, 7) is 3.59. The lowest BCUT2D eigenvalue weighted by Crippen LogP contribution is -2.40. The first-order valence-electron chi connectivity index (χ1n) is 8.39. The minimum Gasteiger partial charge on any atom is -0.480 e. The smallest absolute Gasteiger partial charge is 0.326 e. The Morgan fingerprint density at radius 1 is 1.36 bits per heavy atom. The number of carboxylic acids is 1. The predicted octanol–water partition coefficient (Wildman–Crippen LogP) is 2.90. The fourth-order valence-electron chi connectivity index (χ4n) is 2.84. The van der Waals surface area contributed by atoms with Crippen LogP contribution in [0.1, 0.15) is 47.7 Å². The number of carboxylic acid groups (broad SMARTS) is 1. The van der Waals surface area contributed by atoms with Gasteiger partial charge in [-0.2, -0.15) is 5.10 Å². The van der Waals surface area contributed by atoms with E-state index >= 15 is 0 Å². The first-order chi connectivity index (χ1) is 12.1. The van der Waals surface area contributed by atoms with Crippen molar-refractivity contribution in [2.45, 2.75) is 37.6 Å². The molecule has 6 nitrogen and oxygen atoms in total. The van der Waals surface area contributed by atoms with Crippen LogP contribution in [0.15, 0.2) is 49.2 Å². The largest absolute Gasteiger partial charge is 0.480 e. The summed E-state index contributed by atoms with van der Waals surface area (Å²) in [6, 6.07) is 8.70. The van der Waals surface area contributed by atoms with E-state index in [1.165, 1.54) is 6.20 Å². The molecule has 1 atom stereocenters. The van der Waals surface area contributed by atoms with Gasteiger partial charge in [0.15, 0.2) is 0 Å². The lowest BCUT2D eigenvalue weighted by molar-refractivity contribution is -0.139. The number of benzene rings is 1. The van der Waals surface area contributed by atoms with Crippen molar-refractivity contribution in [1.29, 1.82) is 0 Å². The van der Waals surface area contributed by atoms with Gasteiger partial charge < -0.3 is 10.4 Å². The van der Waals surface area contributed by atoms with Crippen LogP contribution in [0, 0.1) is 0 Å². The molecule has 0 aliphatic heterocycles. The quantitative estimate of drug-likeness (QED) is 0.724. The molecule has 1 unspecified atom stereocenters. The highest BCUT2D eigenvalue weighted by Crippen LogP contribution is 2.42. The second-order valence-electron chi connectivity index (χ2n) is 6.20. The third-order valence-corrected chi connectivity index (χ3v) is 4.28. The minimum absolute atomic E-state index is 0.292. The predicted molar refractivity (Wildman–Crippen MR) is 93.9 cm³/mol. The SMILES string of the molecule is C=CCCC(NC(=O)c1cnn(-c2ccccc2)c1C1CC1)C(=O)O. The summed E-state index contributed by atoms with van der Waals surface area (Å²) in [5, 5.41) is 16.3. The molecule has 0 radical (unpaired) electrons. The fraction of sp³-hybridized carbons (Fsp3) is 0.316. The summed E-state index contributed by atoms with van der Waals surface area (Å²) >= 11 is 0. The molecule has 1 aromatic carbocycles. The van der Waals surface area contributed by atoms with E-state index < -0.39 is 12.0 Å². The topological polar surface area (TPSA) is 84.2 Å². The Kier molecular flexibility index (Phi) is 4.97. The van der Waals surface area contributed by atoms with E-state index in [0.717, 1.165) is 24.2 Å². The van der Waals surface area contributed by atoms with Crippen LogP contribution >= 0.6 is 0 Å². The first kappa shape index (κ1) is 17.0. The van der Waals surface area contributed by atoms with Crippen LogP contribution in [-0.4, -0.2) is 32.8 Å². The Labute approximate surface area is 146 Å². The van der Waals surface area contributed by atoms with Crippen LogP contribution in [0.25, 0.3) is 5.69 Å². The molecule has 1 saturated carbocycles. The third-order valence-electron chi connectivity index (χ3n) is 4.28. The molecule has 1 aliphatic rings. The molecule has 1 heterocycles. The third kappa shape index (κ3) is 3.79. The number of carbonyl (C=O) groups excluding carboxylic acids is 1. The number of nitrogens with zero attached hydrogens (tertiary/aromatic N) is 2. The molecular weight excluding hydrogens is 318 g/mol. The monoisotopic (exact) mass is 339 g/mol. The Hall–Kier alpha value is -2.89. The molecule has 1 fully saturated rings. The number of nitrogens with one attached hydrogen (secondary N) is 1. The molecule has 1 amide bonds. The van der Waals surface area contributed by atoms with Gasteiger partial charge in [-0.15, -0.1) is 6.58 Å². The number of rotatable bonds is 8. The molecule has 1 aromatic heterocycles. The number of aromatic nitrogens is 2. The molecule has 0 bridgehead atoms. The van der Waals surface area contributed by atoms with Crippen LogP contribution in [0.3, 0.4) is 0 Å². The Morgan fingerprint density at radius 2 is 2.08 bits per heavy atom. The molecule has 0 spiro atoms. The van der Waals surface area contributed by atoms with E-state index in [1.54, 1.807) is 10.8 Å². The molecule has 3 rings (SSSR count). The van der Waals surface area contributed by atoms with Gasteiger partial charge in [0.2, 0.25) is 0 Å². The lowest BCUT2D eigenvalue weighted by atomic mass is 10.1. The van der Waals surface area contributed by atoms with Gasteiger partial charge in [0.25, 0.3) is 5.91 Å². The average molecular weight is 339 g/mol. The zero-order valence-corrected chi connectivity index (χ0v) is 13.9. The van der Waals surface area contributed by atoms with Gasteiger partial charge in [-0.05, 0) is 37.8 Å². The zero-order chi connectivity index (χ0) is 17.8. The van der Waals surface area contributed by atoms with Crippen molar-refractivity contribution in [1.82, 2.24) is 15.1 Å². The Bertz CT molecular complexity index is 778. The number of para-hydroxylation sites is 1. The van der Waals surface area contributed by atoms with E-state index in [-0.39, 0.29) is 5.91 Å². The molecule has 0 saturated heterocycles. The standard InChI is InChI=1S/C19H21N3O3/c1-2-3-9-16(19(24)25)21-18(23)15-12-20-22(17(15)13-10-11-13)14-7-5-4-6-8-14/h2,4-8,12-13,16H,1,3,9-11H2,(H,21,23)(H,24,25). The zero-order valence-electron chi connectivity index (χ0n) is 13.9. The van der Waals surface area contributed by atoms with Crippen LogP contribution in [0.4, 0.5) is 0 Å². The molecule has 130 valence electrons. The summed E-state index contributed by atoms with van der Waals surface area (Å²) in [5.41, 5.74) is 2.21. The van der Waals surface area contributed by atoms with E-state index in [9.17, 15) is 14.7 Å². The Morgan fingerprint density at radius 3 is 2.68 bits per heavy atom. The van der Waals surface area contributed by atoms with E-state index in [1.807, 2.05) is 30.3 Å². The van der Waals surface area contributed by atoms with Crippen molar-refractivity contribution in [3.05, 3.63) is 60.4 Å².